The molecule has 7 heteroatoms. The number of benzene rings is 2. The predicted molar refractivity (Wildman–Crippen MR) is 109 cm³/mol. The van der Waals surface area contributed by atoms with Crippen molar-refractivity contribution in [2.45, 2.75) is 6.54 Å². The van der Waals surface area contributed by atoms with E-state index >= 15 is 0 Å². The fourth-order valence-electron chi connectivity index (χ4n) is 3.62. The molecule has 0 unspecified atom stereocenters. The number of nitrogens with zero attached hydrogens (tertiary/aromatic N) is 1. The van der Waals surface area contributed by atoms with Crippen LogP contribution >= 0.6 is 0 Å². The Balaban J connectivity index is 1.61. The van der Waals surface area contributed by atoms with E-state index in [1.807, 2.05) is 23.1 Å². The van der Waals surface area contributed by atoms with Gasteiger partial charge in [0.2, 0.25) is 0 Å². The molecule has 7 nitrogen and oxygen atoms in total. The molecule has 29 heavy (non-hydrogen) atoms. The molecule has 0 saturated carbocycles. The molecular formula is C22H29N2O5+. The second-order valence-electron chi connectivity index (χ2n) is 6.97. The van der Waals surface area contributed by atoms with E-state index in [1.54, 1.807) is 46.6 Å². The molecule has 1 fully saturated rings. The minimum Gasteiger partial charge on any atom is -0.497 e. The standard InChI is InChI=1S/C22H28N2O5/c1-26-18-7-5-17(20(14-18)28-3)15-23-9-11-24(12-10-23)22(25)16-6-8-19(27-2)21(13-16)29-4/h5-8,13-14H,9-12,15H2,1-4H3/p+1. The molecular weight excluding hydrogens is 372 g/mol. The number of amides is 1. The molecule has 3 rings (SSSR count). The Hall–Kier alpha value is -2.93. The third kappa shape index (κ3) is 4.74. The highest BCUT2D eigenvalue weighted by molar-refractivity contribution is 5.95. The number of ether oxygens (including phenoxy) is 4. The van der Waals surface area contributed by atoms with E-state index in [4.69, 9.17) is 18.9 Å². The number of quaternary nitrogens is 1. The Morgan fingerprint density at radius 3 is 2.17 bits per heavy atom. The lowest BCUT2D eigenvalue weighted by Crippen LogP contribution is -3.13. The third-order valence-electron chi connectivity index (χ3n) is 5.32. The zero-order chi connectivity index (χ0) is 20.8. The van der Waals surface area contributed by atoms with Gasteiger partial charge in [0.05, 0.1) is 54.6 Å². The minimum absolute atomic E-state index is 0.0204. The first-order valence-corrected chi connectivity index (χ1v) is 9.65. The largest absolute Gasteiger partial charge is 0.497 e. The van der Waals surface area contributed by atoms with Crippen LogP contribution in [0.2, 0.25) is 0 Å². The lowest BCUT2D eigenvalue weighted by Gasteiger charge is -2.32. The number of rotatable bonds is 7. The van der Waals surface area contributed by atoms with Crippen molar-refractivity contribution in [2.75, 3.05) is 54.6 Å². The van der Waals surface area contributed by atoms with Crippen molar-refractivity contribution in [1.29, 1.82) is 0 Å². The molecule has 1 N–H and O–H groups in total. The second kappa shape index (κ2) is 9.52. The van der Waals surface area contributed by atoms with Gasteiger partial charge >= 0.3 is 0 Å². The predicted octanol–water partition coefficient (Wildman–Crippen LogP) is 1.26. The van der Waals surface area contributed by atoms with Crippen molar-refractivity contribution in [2.24, 2.45) is 0 Å². The number of hydrogen-bond acceptors (Lipinski definition) is 5. The number of methoxy groups -OCH3 is 4. The van der Waals surface area contributed by atoms with Gasteiger partial charge in [0.15, 0.2) is 11.5 Å². The summed E-state index contributed by atoms with van der Waals surface area (Å²) in [6.45, 7) is 4.04. The summed E-state index contributed by atoms with van der Waals surface area (Å²) in [4.78, 5) is 16.2. The molecule has 1 aliphatic rings. The first-order chi connectivity index (χ1) is 14.1. The summed E-state index contributed by atoms with van der Waals surface area (Å²) in [7, 11) is 6.47. The van der Waals surface area contributed by atoms with Crippen LogP contribution in [0.5, 0.6) is 23.0 Å². The Morgan fingerprint density at radius 2 is 1.55 bits per heavy atom. The molecule has 0 aliphatic carbocycles. The van der Waals surface area contributed by atoms with Gasteiger partial charge in [0.25, 0.3) is 5.91 Å². The summed E-state index contributed by atoms with van der Waals surface area (Å²) < 4.78 is 21.3. The Bertz CT molecular complexity index is 847. The average Bonchev–Trinajstić information content (AvgIpc) is 2.78. The molecule has 1 aliphatic heterocycles. The van der Waals surface area contributed by atoms with Crippen molar-refractivity contribution < 1.29 is 28.6 Å². The van der Waals surface area contributed by atoms with Gasteiger partial charge in [-0.15, -0.1) is 0 Å². The highest BCUT2D eigenvalue weighted by Crippen LogP contribution is 2.28. The number of nitrogens with one attached hydrogen (secondary N) is 1. The van der Waals surface area contributed by atoms with E-state index < -0.39 is 0 Å². The van der Waals surface area contributed by atoms with Gasteiger partial charge in [-0.1, -0.05) is 0 Å². The molecule has 0 radical (unpaired) electrons. The SMILES string of the molecule is COc1ccc(C[NH+]2CCN(C(=O)c3ccc(OC)c(OC)c3)CC2)c(OC)c1. The van der Waals surface area contributed by atoms with Crippen LogP contribution in [0.1, 0.15) is 15.9 Å². The van der Waals surface area contributed by atoms with Crippen LogP contribution in [0.15, 0.2) is 36.4 Å². The molecule has 1 amide bonds. The third-order valence-corrected chi connectivity index (χ3v) is 5.32. The molecule has 1 saturated heterocycles. The smallest absolute Gasteiger partial charge is 0.254 e. The quantitative estimate of drug-likeness (QED) is 0.757. The minimum atomic E-state index is 0.0204. The number of piperazine rings is 1. The van der Waals surface area contributed by atoms with E-state index in [9.17, 15) is 4.79 Å². The summed E-state index contributed by atoms with van der Waals surface area (Å²) in [5, 5.41) is 0. The van der Waals surface area contributed by atoms with Crippen LogP contribution in [-0.2, 0) is 6.54 Å². The van der Waals surface area contributed by atoms with Gasteiger partial charge in [-0.05, 0) is 30.3 Å². The van der Waals surface area contributed by atoms with Crippen LogP contribution in [0.3, 0.4) is 0 Å². The summed E-state index contributed by atoms with van der Waals surface area (Å²) in [6, 6.07) is 11.2. The first-order valence-electron chi connectivity index (χ1n) is 9.65. The fraction of sp³-hybridized carbons (Fsp3) is 0.409. The van der Waals surface area contributed by atoms with Gasteiger partial charge in [0.1, 0.15) is 18.0 Å². The topological polar surface area (TPSA) is 61.7 Å². The number of carbonyl (C=O) groups excluding carboxylic acids is 1. The van der Waals surface area contributed by atoms with Gasteiger partial charge in [0, 0.05) is 17.2 Å². The lowest BCUT2D eigenvalue weighted by molar-refractivity contribution is -0.917. The maximum atomic E-state index is 12.9. The van der Waals surface area contributed by atoms with Crippen molar-refractivity contribution in [3.05, 3.63) is 47.5 Å². The van der Waals surface area contributed by atoms with E-state index in [2.05, 4.69) is 0 Å². The van der Waals surface area contributed by atoms with Crippen molar-refractivity contribution in [3.63, 3.8) is 0 Å². The van der Waals surface area contributed by atoms with Gasteiger partial charge < -0.3 is 28.7 Å². The zero-order valence-electron chi connectivity index (χ0n) is 17.5. The maximum Gasteiger partial charge on any atom is 0.254 e. The molecule has 0 bridgehead atoms. The van der Waals surface area contributed by atoms with Crippen molar-refractivity contribution >= 4 is 5.91 Å². The Morgan fingerprint density at radius 1 is 0.862 bits per heavy atom. The Labute approximate surface area is 171 Å². The summed E-state index contributed by atoms with van der Waals surface area (Å²) >= 11 is 0. The van der Waals surface area contributed by atoms with Gasteiger partial charge in [-0.2, -0.15) is 0 Å². The van der Waals surface area contributed by atoms with Crippen LogP contribution in [0.25, 0.3) is 0 Å². The van der Waals surface area contributed by atoms with E-state index in [0.717, 1.165) is 36.7 Å². The maximum absolute atomic E-state index is 12.9. The van der Waals surface area contributed by atoms with Gasteiger partial charge in [-0.25, -0.2) is 0 Å². The highest BCUT2D eigenvalue weighted by Gasteiger charge is 2.26. The van der Waals surface area contributed by atoms with Crippen LogP contribution < -0.4 is 23.8 Å². The zero-order valence-corrected chi connectivity index (χ0v) is 17.5. The van der Waals surface area contributed by atoms with Crippen LogP contribution in [0, 0.1) is 0 Å². The first kappa shape index (κ1) is 20.8. The average molecular weight is 401 g/mol. The molecule has 2 aromatic rings. The van der Waals surface area contributed by atoms with Gasteiger partial charge in [-0.3, -0.25) is 4.79 Å². The normalized spacial score (nSPS) is 14.4. The fourth-order valence-corrected chi connectivity index (χ4v) is 3.62. The lowest BCUT2D eigenvalue weighted by atomic mass is 10.1. The monoisotopic (exact) mass is 401 g/mol. The van der Waals surface area contributed by atoms with E-state index in [-0.39, 0.29) is 5.91 Å². The van der Waals surface area contributed by atoms with E-state index in [0.29, 0.717) is 30.2 Å². The summed E-state index contributed by atoms with van der Waals surface area (Å²) in [6.07, 6.45) is 0. The van der Waals surface area contributed by atoms with E-state index in [1.165, 1.54) is 4.90 Å². The van der Waals surface area contributed by atoms with Crippen LogP contribution in [-0.4, -0.2) is 65.4 Å². The summed E-state index contributed by atoms with van der Waals surface area (Å²) in [5.41, 5.74) is 1.76. The molecule has 0 aromatic heterocycles. The molecule has 2 aromatic carbocycles. The number of carbonyl (C=O) groups is 1. The highest BCUT2D eigenvalue weighted by atomic mass is 16.5. The number of hydrogen-bond donors (Lipinski definition) is 1. The van der Waals surface area contributed by atoms with Crippen molar-refractivity contribution in [1.82, 2.24) is 4.90 Å². The Kier molecular flexibility index (Phi) is 6.82. The molecule has 0 atom stereocenters. The molecule has 1 heterocycles. The van der Waals surface area contributed by atoms with Crippen molar-refractivity contribution in [3.8, 4) is 23.0 Å². The molecule has 0 spiro atoms. The summed E-state index contributed by atoms with van der Waals surface area (Å²) in [5.74, 6) is 2.82. The van der Waals surface area contributed by atoms with Crippen LogP contribution in [0.4, 0.5) is 0 Å². The second-order valence-corrected chi connectivity index (χ2v) is 6.97. The molecule has 156 valence electrons.